The molecule has 0 N–H and O–H groups in total. The zero-order valence-corrected chi connectivity index (χ0v) is 10.5. The molecule has 0 fully saturated rings. The van der Waals surface area contributed by atoms with Crippen molar-refractivity contribution in [1.29, 1.82) is 0 Å². The van der Waals surface area contributed by atoms with Crippen LogP contribution in [0.3, 0.4) is 0 Å². The fraction of sp³-hybridized carbons (Fsp3) is 0.692. The van der Waals surface area contributed by atoms with Gasteiger partial charge >= 0.3 is 0 Å². The number of carbonyl (C=O) groups is 2. The van der Waals surface area contributed by atoms with Crippen LogP contribution in [0.15, 0.2) is 11.1 Å². The molecule has 0 bridgehead atoms. The monoisotopic (exact) mass is 208 g/mol. The van der Waals surface area contributed by atoms with Gasteiger partial charge in [0.25, 0.3) is 0 Å². The van der Waals surface area contributed by atoms with E-state index in [2.05, 4.69) is 20.8 Å². The van der Waals surface area contributed by atoms with Crippen molar-refractivity contribution in [3.63, 3.8) is 0 Å². The molecule has 0 spiro atoms. The zero-order chi connectivity index (χ0) is 12.0. The summed E-state index contributed by atoms with van der Waals surface area (Å²) in [7, 11) is 0. The van der Waals surface area contributed by atoms with Gasteiger partial charge < -0.3 is 0 Å². The Balaban J connectivity index is 3.41. The summed E-state index contributed by atoms with van der Waals surface area (Å²) >= 11 is 0. The molecule has 0 aliphatic heterocycles. The van der Waals surface area contributed by atoms with Gasteiger partial charge in [-0.25, -0.2) is 0 Å². The van der Waals surface area contributed by atoms with E-state index in [9.17, 15) is 9.59 Å². The lowest BCUT2D eigenvalue weighted by Crippen LogP contribution is -2.37. The van der Waals surface area contributed by atoms with E-state index in [4.69, 9.17) is 0 Å². The molecule has 1 rings (SSSR count). The van der Waals surface area contributed by atoms with Crippen LogP contribution in [-0.2, 0) is 9.59 Å². The fourth-order valence-electron chi connectivity index (χ4n) is 2.98. The molecule has 0 saturated carbocycles. The van der Waals surface area contributed by atoms with Gasteiger partial charge in [-0.3, -0.25) is 9.59 Å². The minimum absolute atomic E-state index is 0.0516. The Morgan fingerprint density at radius 1 is 1.13 bits per heavy atom. The SMILES string of the molecule is CC1=C(C(C)(C)C)C(C)(C)CC(=O)C1=O. The second kappa shape index (κ2) is 3.29. The number of carbonyl (C=O) groups excluding carboxylic acids is 2. The summed E-state index contributed by atoms with van der Waals surface area (Å²) < 4.78 is 0. The van der Waals surface area contributed by atoms with Crippen LogP contribution < -0.4 is 0 Å². The molecule has 2 heteroatoms. The number of allylic oxidation sites excluding steroid dienone is 2. The first kappa shape index (κ1) is 12.2. The first-order valence-corrected chi connectivity index (χ1v) is 5.37. The Morgan fingerprint density at radius 2 is 1.60 bits per heavy atom. The van der Waals surface area contributed by atoms with Crippen molar-refractivity contribution in [3.05, 3.63) is 11.1 Å². The van der Waals surface area contributed by atoms with Gasteiger partial charge in [0.1, 0.15) is 0 Å². The topological polar surface area (TPSA) is 34.1 Å². The molecule has 0 aromatic heterocycles. The summed E-state index contributed by atoms with van der Waals surface area (Å²) in [5, 5.41) is 0. The molecule has 0 atom stereocenters. The number of Topliss-reactive ketones (excluding diaryl/α,β-unsaturated/α-hetero) is 2. The highest BCUT2D eigenvalue weighted by atomic mass is 16.2. The fourth-order valence-corrected chi connectivity index (χ4v) is 2.98. The number of ketones is 2. The van der Waals surface area contributed by atoms with Gasteiger partial charge in [0, 0.05) is 12.0 Å². The van der Waals surface area contributed by atoms with Crippen LogP contribution in [-0.4, -0.2) is 11.6 Å². The highest BCUT2D eigenvalue weighted by Gasteiger charge is 2.42. The maximum absolute atomic E-state index is 11.7. The molecule has 0 unspecified atom stereocenters. The van der Waals surface area contributed by atoms with Crippen molar-refractivity contribution in [3.8, 4) is 0 Å². The molecule has 84 valence electrons. The van der Waals surface area contributed by atoms with Crippen molar-refractivity contribution >= 4 is 11.6 Å². The first-order valence-electron chi connectivity index (χ1n) is 5.37. The van der Waals surface area contributed by atoms with Gasteiger partial charge in [-0.2, -0.15) is 0 Å². The van der Waals surface area contributed by atoms with Crippen LogP contribution in [0.2, 0.25) is 0 Å². The lowest BCUT2D eigenvalue weighted by molar-refractivity contribution is -0.136. The normalized spacial score (nSPS) is 22.3. The molecule has 15 heavy (non-hydrogen) atoms. The number of hydrogen-bond acceptors (Lipinski definition) is 2. The second-order valence-electron chi connectivity index (χ2n) is 6.06. The van der Waals surface area contributed by atoms with E-state index in [0.717, 1.165) is 5.57 Å². The van der Waals surface area contributed by atoms with Crippen molar-refractivity contribution < 1.29 is 9.59 Å². The largest absolute Gasteiger partial charge is 0.290 e. The van der Waals surface area contributed by atoms with E-state index < -0.39 is 0 Å². The molecule has 1 aliphatic rings. The minimum Gasteiger partial charge on any atom is -0.290 e. The predicted octanol–water partition coefficient (Wildman–Crippen LogP) is 2.92. The molecule has 0 amide bonds. The van der Waals surface area contributed by atoms with Crippen LogP contribution in [0.5, 0.6) is 0 Å². The average molecular weight is 208 g/mol. The van der Waals surface area contributed by atoms with E-state index in [1.165, 1.54) is 0 Å². The lowest BCUT2D eigenvalue weighted by Gasteiger charge is -2.40. The third kappa shape index (κ3) is 2.04. The number of rotatable bonds is 0. The maximum atomic E-state index is 11.7. The minimum atomic E-state index is -0.292. The molecule has 1 aliphatic carbocycles. The van der Waals surface area contributed by atoms with E-state index >= 15 is 0 Å². The van der Waals surface area contributed by atoms with Gasteiger partial charge in [-0.1, -0.05) is 40.2 Å². The van der Waals surface area contributed by atoms with Gasteiger partial charge in [-0.05, 0) is 17.8 Å². The van der Waals surface area contributed by atoms with Gasteiger partial charge in [0.15, 0.2) is 0 Å². The first-order chi connectivity index (χ1) is 6.57. The Hall–Kier alpha value is -0.920. The van der Waals surface area contributed by atoms with E-state index in [1.54, 1.807) is 6.92 Å². The van der Waals surface area contributed by atoms with Gasteiger partial charge in [0.2, 0.25) is 11.6 Å². The summed E-state index contributed by atoms with van der Waals surface area (Å²) in [6.45, 7) is 12.1. The molecule has 0 radical (unpaired) electrons. The molecule has 0 saturated heterocycles. The Morgan fingerprint density at radius 3 is 2.00 bits per heavy atom. The summed E-state index contributed by atoms with van der Waals surface area (Å²) in [6.07, 6.45) is 0.343. The molecular formula is C13H20O2. The predicted molar refractivity (Wildman–Crippen MR) is 60.6 cm³/mol. The second-order valence-corrected chi connectivity index (χ2v) is 6.06. The standard InChI is InChI=1S/C13H20O2/c1-8-10(15)9(14)7-13(5,6)11(8)12(2,3)4/h7H2,1-6H3. The Labute approximate surface area is 91.7 Å². The van der Waals surface area contributed by atoms with Crippen molar-refractivity contribution in [2.75, 3.05) is 0 Å². The van der Waals surface area contributed by atoms with Crippen LogP contribution >= 0.6 is 0 Å². The third-order valence-electron chi connectivity index (χ3n) is 3.00. The summed E-state index contributed by atoms with van der Waals surface area (Å²) in [5.41, 5.74) is 1.54. The van der Waals surface area contributed by atoms with Gasteiger partial charge in [-0.15, -0.1) is 0 Å². The van der Waals surface area contributed by atoms with Crippen molar-refractivity contribution in [2.45, 2.75) is 48.0 Å². The smallest absolute Gasteiger partial charge is 0.224 e. The van der Waals surface area contributed by atoms with Crippen LogP contribution in [0.25, 0.3) is 0 Å². The third-order valence-corrected chi connectivity index (χ3v) is 3.00. The summed E-state index contributed by atoms with van der Waals surface area (Å²) in [6, 6.07) is 0. The van der Waals surface area contributed by atoms with E-state index in [1.807, 2.05) is 13.8 Å². The van der Waals surface area contributed by atoms with Crippen LogP contribution in [0.1, 0.15) is 48.0 Å². The zero-order valence-electron chi connectivity index (χ0n) is 10.5. The van der Waals surface area contributed by atoms with Crippen LogP contribution in [0, 0.1) is 10.8 Å². The molecule has 0 heterocycles. The molecule has 0 aromatic carbocycles. The molecular weight excluding hydrogens is 188 g/mol. The van der Waals surface area contributed by atoms with E-state index in [-0.39, 0.29) is 22.4 Å². The Kier molecular flexibility index (Phi) is 2.67. The summed E-state index contributed by atoms with van der Waals surface area (Å²) in [5.74, 6) is -0.537. The highest BCUT2D eigenvalue weighted by molar-refractivity contribution is 6.44. The van der Waals surface area contributed by atoms with E-state index in [0.29, 0.717) is 12.0 Å². The van der Waals surface area contributed by atoms with Crippen molar-refractivity contribution in [2.24, 2.45) is 10.8 Å². The van der Waals surface area contributed by atoms with Crippen molar-refractivity contribution in [1.82, 2.24) is 0 Å². The number of hydrogen-bond donors (Lipinski definition) is 0. The Bertz CT molecular complexity index is 351. The average Bonchev–Trinajstić information content (AvgIpc) is 1.95. The molecule has 2 nitrogen and oxygen atoms in total. The summed E-state index contributed by atoms with van der Waals surface area (Å²) in [4.78, 5) is 23.2. The lowest BCUT2D eigenvalue weighted by atomic mass is 9.63. The van der Waals surface area contributed by atoms with Crippen LogP contribution in [0.4, 0.5) is 0 Å². The quantitative estimate of drug-likeness (QED) is 0.574. The highest BCUT2D eigenvalue weighted by Crippen LogP contribution is 2.46. The van der Waals surface area contributed by atoms with Gasteiger partial charge in [0.05, 0.1) is 0 Å². The maximum Gasteiger partial charge on any atom is 0.224 e. The molecule has 0 aromatic rings.